The number of hydrogen-bond donors (Lipinski definition) is 2. The third-order valence-electron chi connectivity index (χ3n) is 2.98. The largest absolute Gasteiger partial charge is 0.505 e. The van der Waals surface area contributed by atoms with Crippen molar-refractivity contribution in [2.45, 2.75) is 0 Å². The molecule has 3 rings (SSSR count). The summed E-state index contributed by atoms with van der Waals surface area (Å²) in [5.41, 5.74) is 0.831. The van der Waals surface area contributed by atoms with Crippen LogP contribution in [0.4, 0.5) is 5.69 Å². The van der Waals surface area contributed by atoms with Crippen molar-refractivity contribution in [3.05, 3.63) is 60.7 Å². The Morgan fingerprint density at radius 3 is 2.70 bits per heavy atom. The van der Waals surface area contributed by atoms with Crippen molar-refractivity contribution in [3.63, 3.8) is 0 Å². The molecule has 0 saturated heterocycles. The maximum atomic E-state index is 12.2. The molecule has 0 spiro atoms. The number of carbonyl (C=O) groups is 1. The number of anilines is 1. The van der Waals surface area contributed by atoms with Gasteiger partial charge in [-0.15, -0.1) is 0 Å². The summed E-state index contributed by atoms with van der Waals surface area (Å²) in [6.45, 7) is 0. The molecule has 20 heavy (non-hydrogen) atoms. The molecule has 0 atom stereocenters. The van der Waals surface area contributed by atoms with E-state index in [4.69, 9.17) is 0 Å². The molecule has 1 amide bonds. The number of amides is 1. The summed E-state index contributed by atoms with van der Waals surface area (Å²) in [7, 11) is 0. The smallest absolute Gasteiger partial charge is 0.259 e. The van der Waals surface area contributed by atoms with E-state index in [1.165, 1.54) is 18.5 Å². The number of benzene rings is 1. The van der Waals surface area contributed by atoms with Crippen LogP contribution < -0.4 is 5.32 Å². The number of aromatic nitrogens is 2. The molecule has 0 radical (unpaired) electrons. The van der Waals surface area contributed by atoms with E-state index < -0.39 is 0 Å². The van der Waals surface area contributed by atoms with Crippen LogP contribution in [0.3, 0.4) is 0 Å². The third-order valence-corrected chi connectivity index (χ3v) is 2.98. The van der Waals surface area contributed by atoms with Crippen LogP contribution >= 0.6 is 0 Å². The van der Waals surface area contributed by atoms with E-state index in [-0.39, 0.29) is 17.2 Å². The molecule has 0 unspecified atom stereocenters. The van der Waals surface area contributed by atoms with Crippen molar-refractivity contribution in [3.8, 4) is 5.75 Å². The van der Waals surface area contributed by atoms with Gasteiger partial charge in [0, 0.05) is 24.0 Å². The van der Waals surface area contributed by atoms with Crippen LogP contribution in [0, 0.1) is 0 Å². The van der Waals surface area contributed by atoms with E-state index in [9.17, 15) is 9.90 Å². The minimum absolute atomic E-state index is 0.150. The van der Waals surface area contributed by atoms with Crippen LogP contribution in [0.15, 0.2) is 55.1 Å². The predicted octanol–water partition coefficient (Wildman–Crippen LogP) is 2.59. The molecule has 1 aromatic carbocycles. The average Bonchev–Trinajstić information content (AvgIpc) is 2.48. The lowest BCUT2D eigenvalue weighted by atomic mass is 10.1. The predicted molar refractivity (Wildman–Crippen MR) is 75.6 cm³/mol. The fraction of sp³-hybridized carbons (Fsp3) is 0. The Morgan fingerprint density at radius 2 is 1.85 bits per heavy atom. The molecule has 0 saturated carbocycles. The van der Waals surface area contributed by atoms with Gasteiger partial charge in [0.15, 0.2) is 0 Å². The highest BCUT2D eigenvalue weighted by molar-refractivity contribution is 6.10. The SMILES string of the molecule is O=C(Nc1cccc2ccncc12)c1ccncc1O. The zero-order valence-corrected chi connectivity index (χ0v) is 10.4. The van der Waals surface area contributed by atoms with E-state index in [2.05, 4.69) is 15.3 Å². The second-order valence-electron chi connectivity index (χ2n) is 4.25. The van der Waals surface area contributed by atoms with Gasteiger partial charge in [0.2, 0.25) is 0 Å². The lowest BCUT2D eigenvalue weighted by Gasteiger charge is -2.09. The van der Waals surface area contributed by atoms with E-state index in [0.717, 1.165) is 10.8 Å². The summed E-state index contributed by atoms with van der Waals surface area (Å²) in [6, 6.07) is 8.92. The van der Waals surface area contributed by atoms with Crippen molar-refractivity contribution in [2.24, 2.45) is 0 Å². The molecule has 5 nitrogen and oxygen atoms in total. The second-order valence-corrected chi connectivity index (χ2v) is 4.25. The zero-order chi connectivity index (χ0) is 13.9. The fourth-order valence-electron chi connectivity index (χ4n) is 1.99. The Labute approximate surface area is 114 Å². The molecule has 0 aliphatic heterocycles. The molecule has 0 aliphatic rings. The number of carbonyl (C=O) groups excluding carboxylic acids is 1. The summed E-state index contributed by atoms with van der Waals surface area (Å²) >= 11 is 0. The molecule has 2 aromatic heterocycles. The van der Waals surface area contributed by atoms with E-state index >= 15 is 0 Å². The highest BCUT2D eigenvalue weighted by Crippen LogP contribution is 2.23. The number of nitrogens with zero attached hydrogens (tertiary/aromatic N) is 2. The molecule has 3 aromatic rings. The minimum atomic E-state index is -0.388. The summed E-state index contributed by atoms with van der Waals surface area (Å²) in [5, 5.41) is 14.2. The number of hydrogen-bond acceptors (Lipinski definition) is 4. The van der Waals surface area contributed by atoms with Crippen molar-refractivity contribution in [1.82, 2.24) is 9.97 Å². The first-order chi connectivity index (χ1) is 9.75. The lowest BCUT2D eigenvalue weighted by molar-refractivity contribution is 0.102. The Bertz CT molecular complexity index is 781. The van der Waals surface area contributed by atoms with Gasteiger partial charge in [0.1, 0.15) is 5.75 Å². The van der Waals surface area contributed by atoms with Gasteiger partial charge in [-0.3, -0.25) is 14.8 Å². The van der Waals surface area contributed by atoms with E-state index in [1.54, 1.807) is 18.5 Å². The standard InChI is InChI=1S/C15H11N3O2/c19-14-9-17-7-5-11(14)15(20)18-13-3-1-2-10-4-6-16-8-12(10)13/h1-9,19H,(H,18,20). The van der Waals surface area contributed by atoms with Crippen LogP contribution in [0.1, 0.15) is 10.4 Å². The Kier molecular flexibility index (Phi) is 3.01. The van der Waals surface area contributed by atoms with Gasteiger partial charge in [-0.2, -0.15) is 0 Å². The Morgan fingerprint density at radius 1 is 1.05 bits per heavy atom. The van der Waals surface area contributed by atoms with Crippen molar-refractivity contribution < 1.29 is 9.90 Å². The van der Waals surface area contributed by atoms with Crippen LogP contribution in [0.5, 0.6) is 5.75 Å². The Balaban J connectivity index is 1.98. The molecule has 0 bridgehead atoms. The Hall–Kier alpha value is -2.95. The summed E-state index contributed by atoms with van der Waals surface area (Å²) in [6.07, 6.45) is 6.08. The van der Waals surface area contributed by atoms with Gasteiger partial charge in [-0.05, 0) is 23.6 Å². The quantitative estimate of drug-likeness (QED) is 0.746. The maximum Gasteiger partial charge on any atom is 0.259 e. The van der Waals surface area contributed by atoms with Crippen LogP contribution in [-0.2, 0) is 0 Å². The normalized spacial score (nSPS) is 10.4. The second kappa shape index (κ2) is 4.97. The van der Waals surface area contributed by atoms with Gasteiger partial charge >= 0.3 is 0 Å². The first-order valence-electron chi connectivity index (χ1n) is 6.03. The summed E-state index contributed by atoms with van der Waals surface area (Å²) < 4.78 is 0. The average molecular weight is 265 g/mol. The molecule has 5 heteroatoms. The third kappa shape index (κ3) is 2.16. The van der Waals surface area contributed by atoms with Crippen molar-refractivity contribution in [1.29, 1.82) is 0 Å². The van der Waals surface area contributed by atoms with Crippen molar-refractivity contribution >= 4 is 22.4 Å². The van der Waals surface area contributed by atoms with Crippen molar-refractivity contribution in [2.75, 3.05) is 5.32 Å². The number of aromatic hydroxyl groups is 1. The first-order valence-corrected chi connectivity index (χ1v) is 6.03. The lowest BCUT2D eigenvalue weighted by Crippen LogP contribution is -2.12. The summed E-state index contributed by atoms with van der Waals surface area (Å²) in [4.78, 5) is 20.0. The fourth-order valence-corrected chi connectivity index (χ4v) is 1.99. The monoisotopic (exact) mass is 265 g/mol. The molecular formula is C15H11N3O2. The van der Waals surface area contributed by atoms with Crippen LogP contribution in [-0.4, -0.2) is 21.0 Å². The minimum Gasteiger partial charge on any atom is -0.505 e. The molecule has 2 heterocycles. The van der Waals surface area contributed by atoms with Gasteiger partial charge in [0.05, 0.1) is 17.4 Å². The summed E-state index contributed by atoms with van der Waals surface area (Å²) in [5.74, 6) is -0.537. The number of rotatable bonds is 2. The van der Waals surface area contributed by atoms with E-state index in [1.807, 2.05) is 18.2 Å². The molecule has 98 valence electrons. The van der Waals surface area contributed by atoms with Crippen LogP contribution in [0.2, 0.25) is 0 Å². The van der Waals surface area contributed by atoms with Gasteiger partial charge < -0.3 is 10.4 Å². The first kappa shape index (κ1) is 12.1. The molecular weight excluding hydrogens is 254 g/mol. The number of pyridine rings is 2. The van der Waals surface area contributed by atoms with Gasteiger partial charge in [-0.1, -0.05) is 12.1 Å². The number of fused-ring (bicyclic) bond motifs is 1. The zero-order valence-electron chi connectivity index (χ0n) is 10.4. The van der Waals surface area contributed by atoms with Crippen LogP contribution in [0.25, 0.3) is 10.8 Å². The van der Waals surface area contributed by atoms with Gasteiger partial charge in [-0.25, -0.2) is 0 Å². The van der Waals surface area contributed by atoms with E-state index in [0.29, 0.717) is 5.69 Å². The molecule has 0 fully saturated rings. The topological polar surface area (TPSA) is 75.1 Å². The maximum absolute atomic E-state index is 12.2. The molecule has 0 aliphatic carbocycles. The molecule has 2 N–H and O–H groups in total. The number of nitrogens with one attached hydrogen (secondary N) is 1. The highest BCUT2D eigenvalue weighted by atomic mass is 16.3. The van der Waals surface area contributed by atoms with Gasteiger partial charge in [0.25, 0.3) is 5.91 Å². The highest BCUT2D eigenvalue weighted by Gasteiger charge is 2.12.